The number of hydrogen-bond acceptors (Lipinski definition) is 2. The quantitative estimate of drug-likeness (QED) is 0.684. The third kappa shape index (κ3) is 8.77. The van der Waals surface area contributed by atoms with Crippen LogP contribution in [-0.2, 0) is 4.79 Å². The summed E-state index contributed by atoms with van der Waals surface area (Å²) in [6.07, 6.45) is 0.853. The second-order valence-corrected chi connectivity index (χ2v) is 6.25. The number of urea groups is 1. The fourth-order valence-corrected chi connectivity index (χ4v) is 2.07. The van der Waals surface area contributed by atoms with Crippen LogP contribution in [0, 0.1) is 17.8 Å². The predicted octanol–water partition coefficient (Wildman–Crippen LogP) is 2.81. The fraction of sp³-hybridized carbons (Fsp3) is 0.867. The number of carboxylic acid groups (broad SMARTS) is 1. The first-order chi connectivity index (χ1) is 9.26. The molecule has 20 heavy (non-hydrogen) atoms. The normalized spacial score (nSPS) is 12.6. The summed E-state index contributed by atoms with van der Waals surface area (Å²) in [5, 5.41) is 11.7. The summed E-state index contributed by atoms with van der Waals surface area (Å²) in [6.45, 7) is 12.1. The van der Waals surface area contributed by atoms with E-state index in [-0.39, 0.29) is 18.4 Å². The Bertz CT molecular complexity index is 293. The summed E-state index contributed by atoms with van der Waals surface area (Å²) in [5.41, 5.74) is 0. The zero-order valence-electron chi connectivity index (χ0n) is 13.5. The summed E-state index contributed by atoms with van der Waals surface area (Å²) in [7, 11) is 0. The number of rotatable bonds is 9. The Kier molecular flexibility index (Phi) is 9.01. The number of nitrogens with one attached hydrogen (secondary N) is 1. The van der Waals surface area contributed by atoms with Crippen LogP contribution in [0.5, 0.6) is 0 Å². The molecule has 0 fully saturated rings. The van der Waals surface area contributed by atoms with E-state index in [1.54, 1.807) is 0 Å². The van der Waals surface area contributed by atoms with Crippen molar-refractivity contribution in [2.24, 2.45) is 17.8 Å². The number of hydrogen-bond donors (Lipinski definition) is 2. The molecule has 0 aliphatic carbocycles. The first kappa shape index (κ1) is 18.7. The van der Waals surface area contributed by atoms with Gasteiger partial charge in [-0.15, -0.1) is 0 Å². The minimum absolute atomic E-state index is 0.00333. The van der Waals surface area contributed by atoms with Crippen molar-refractivity contribution < 1.29 is 14.7 Å². The lowest BCUT2D eigenvalue weighted by Crippen LogP contribution is -2.45. The molecular weight excluding hydrogens is 256 g/mol. The van der Waals surface area contributed by atoms with Crippen molar-refractivity contribution in [2.75, 3.05) is 19.6 Å². The SMILES string of the molecule is CCC(CNC(=O)N(CC(C)C)CC(C)C)CC(=O)O. The van der Waals surface area contributed by atoms with Crippen LogP contribution in [0.4, 0.5) is 4.79 Å². The maximum atomic E-state index is 12.2. The van der Waals surface area contributed by atoms with E-state index in [0.717, 1.165) is 19.5 Å². The van der Waals surface area contributed by atoms with Crippen LogP contribution in [0.2, 0.25) is 0 Å². The molecule has 5 nitrogen and oxygen atoms in total. The number of amides is 2. The lowest BCUT2D eigenvalue weighted by Gasteiger charge is -2.27. The molecule has 2 N–H and O–H groups in total. The van der Waals surface area contributed by atoms with Crippen LogP contribution >= 0.6 is 0 Å². The Morgan fingerprint density at radius 1 is 1.10 bits per heavy atom. The molecule has 1 unspecified atom stereocenters. The summed E-state index contributed by atoms with van der Waals surface area (Å²) in [5.74, 6) is 0.0182. The van der Waals surface area contributed by atoms with Gasteiger partial charge in [0.15, 0.2) is 0 Å². The highest BCUT2D eigenvalue weighted by Crippen LogP contribution is 2.08. The average molecular weight is 286 g/mol. The van der Waals surface area contributed by atoms with Gasteiger partial charge >= 0.3 is 12.0 Å². The minimum Gasteiger partial charge on any atom is -0.481 e. The van der Waals surface area contributed by atoms with Gasteiger partial charge in [-0.2, -0.15) is 0 Å². The van der Waals surface area contributed by atoms with Gasteiger partial charge < -0.3 is 15.3 Å². The van der Waals surface area contributed by atoms with E-state index in [2.05, 4.69) is 33.0 Å². The van der Waals surface area contributed by atoms with Gasteiger partial charge in [-0.05, 0) is 17.8 Å². The Hall–Kier alpha value is -1.26. The highest BCUT2D eigenvalue weighted by atomic mass is 16.4. The number of carbonyl (C=O) groups is 2. The third-order valence-electron chi connectivity index (χ3n) is 3.04. The van der Waals surface area contributed by atoms with Gasteiger partial charge in [-0.3, -0.25) is 4.79 Å². The molecule has 0 radical (unpaired) electrons. The molecule has 0 aliphatic heterocycles. The summed E-state index contributed by atoms with van der Waals surface area (Å²) in [6, 6.07) is -0.0868. The van der Waals surface area contributed by atoms with Gasteiger partial charge in [0.05, 0.1) is 0 Å². The van der Waals surface area contributed by atoms with Crippen LogP contribution in [0.25, 0.3) is 0 Å². The number of nitrogens with zero attached hydrogens (tertiary/aromatic N) is 1. The van der Waals surface area contributed by atoms with Crippen molar-refractivity contribution in [1.29, 1.82) is 0 Å². The van der Waals surface area contributed by atoms with Crippen molar-refractivity contribution in [3.63, 3.8) is 0 Å². The largest absolute Gasteiger partial charge is 0.481 e. The molecule has 0 rings (SSSR count). The van der Waals surface area contributed by atoms with Crippen LogP contribution < -0.4 is 5.32 Å². The Labute approximate surface area is 122 Å². The minimum atomic E-state index is -0.813. The van der Waals surface area contributed by atoms with E-state index < -0.39 is 5.97 Å². The topological polar surface area (TPSA) is 69.6 Å². The first-order valence-electron chi connectivity index (χ1n) is 7.50. The van der Waals surface area contributed by atoms with Gasteiger partial charge in [-0.1, -0.05) is 41.0 Å². The van der Waals surface area contributed by atoms with Crippen LogP contribution in [0.3, 0.4) is 0 Å². The van der Waals surface area contributed by atoms with Gasteiger partial charge in [0.1, 0.15) is 0 Å². The first-order valence-corrected chi connectivity index (χ1v) is 7.50. The van der Waals surface area contributed by atoms with E-state index >= 15 is 0 Å². The molecule has 0 aliphatic rings. The summed E-state index contributed by atoms with van der Waals surface area (Å²) < 4.78 is 0. The molecule has 118 valence electrons. The molecule has 0 aromatic rings. The number of carboxylic acids is 1. The third-order valence-corrected chi connectivity index (χ3v) is 3.04. The van der Waals surface area contributed by atoms with E-state index in [1.807, 2.05) is 11.8 Å². The number of carbonyl (C=O) groups excluding carboxylic acids is 1. The Balaban J connectivity index is 4.39. The van der Waals surface area contributed by atoms with Gasteiger partial charge in [0, 0.05) is 26.1 Å². The van der Waals surface area contributed by atoms with Crippen LogP contribution in [-0.4, -0.2) is 41.6 Å². The van der Waals surface area contributed by atoms with E-state index in [4.69, 9.17) is 5.11 Å². The molecule has 0 bridgehead atoms. The molecular formula is C15H30N2O3. The van der Waals surface area contributed by atoms with Crippen LogP contribution in [0.15, 0.2) is 0 Å². The zero-order chi connectivity index (χ0) is 15.7. The maximum Gasteiger partial charge on any atom is 0.317 e. The van der Waals surface area contributed by atoms with Gasteiger partial charge in [0.2, 0.25) is 0 Å². The lowest BCUT2D eigenvalue weighted by molar-refractivity contribution is -0.138. The smallest absolute Gasteiger partial charge is 0.317 e. The van der Waals surface area contributed by atoms with E-state index in [0.29, 0.717) is 18.4 Å². The molecule has 5 heteroatoms. The van der Waals surface area contributed by atoms with Crippen molar-refractivity contribution in [3.8, 4) is 0 Å². The molecule has 2 amide bonds. The van der Waals surface area contributed by atoms with Gasteiger partial charge in [0.25, 0.3) is 0 Å². The standard InChI is InChI=1S/C15H30N2O3/c1-6-13(7-14(18)19)8-16-15(20)17(9-11(2)3)10-12(4)5/h11-13H,6-10H2,1-5H3,(H,16,20)(H,18,19). The summed E-state index contributed by atoms with van der Waals surface area (Å²) in [4.78, 5) is 24.7. The Morgan fingerprint density at radius 3 is 1.95 bits per heavy atom. The van der Waals surface area contributed by atoms with Crippen molar-refractivity contribution in [3.05, 3.63) is 0 Å². The average Bonchev–Trinajstić information content (AvgIpc) is 2.31. The molecule has 0 saturated heterocycles. The zero-order valence-corrected chi connectivity index (χ0v) is 13.5. The molecule has 1 atom stereocenters. The van der Waals surface area contributed by atoms with Gasteiger partial charge in [-0.25, -0.2) is 4.79 Å². The monoisotopic (exact) mass is 286 g/mol. The summed E-state index contributed by atoms with van der Waals surface area (Å²) >= 11 is 0. The highest BCUT2D eigenvalue weighted by Gasteiger charge is 2.18. The van der Waals surface area contributed by atoms with Crippen molar-refractivity contribution in [2.45, 2.75) is 47.5 Å². The second kappa shape index (κ2) is 9.61. The van der Waals surface area contributed by atoms with Crippen molar-refractivity contribution in [1.82, 2.24) is 10.2 Å². The molecule has 0 aromatic carbocycles. The molecule has 0 aromatic heterocycles. The van der Waals surface area contributed by atoms with Crippen LogP contribution in [0.1, 0.15) is 47.5 Å². The lowest BCUT2D eigenvalue weighted by atomic mass is 10.0. The number of aliphatic carboxylic acids is 1. The highest BCUT2D eigenvalue weighted by molar-refractivity contribution is 5.74. The fourth-order valence-electron chi connectivity index (χ4n) is 2.07. The molecule has 0 spiro atoms. The second-order valence-electron chi connectivity index (χ2n) is 6.25. The van der Waals surface area contributed by atoms with E-state index in [1.165, 1.54) is 0 Å². The Morgan fingerprint density at radius 2 is 1.60 bits per heavy atom. The van der Waals surface area contributed by atoms with Crippen molar-refractivity contribution >= 4 is 12.0 Å². The maximum absolute atomic E-state index is 12.2. The molecule has 0 saturated carbocycles. The molecule has 0 heterocycles. The van der Waals surface area contributed by atoms with E-state index in [9.17, 15) is 9.59 Å². The predicted molar refractivity (Wildman–Crippen MR) is 80.7 cm³/mol.